The van der Waals surface area contributed by atoms with Crippen molar-refractivity contribution in [3.05, 3.63) is 24.3 Å². The molecule has 1 rings (SSSR count). The summed E-state index contributed by atoms with van der Waals surface area (Å²) in [6, 6.07) is 6.68. The van der Waals surface area contributed by atoms with Crippen LogP contribution in [0.4, 0.5) is 5.69 Å². The SMILES string of the molecule is CC(O)COC(=O)COc1ccc(N)cc1. The molecule has 1 unspecified atom stereocenters. The van der Waals surface area contributed by atoms with E-state index in [1.54, 1.807) is 24.3 Å². The number of esters is 1. The van der Waals surface area contributed by atoms with Crippen LogP contribution in [0.1, 0.15) is 6.92 Å². The van der Waals surface area contributed by atoms with Crippen molar-refractivity contribution in [1.82, 2.24) is 0 Å². The van der Waals surface area contributed by atoms with Gasteiger partial charge in [0.15, 0.2) is 6.61 Å². The average Bonchev–Trinajstić information content (AvgIpc) is 2.25. The molecule has 0 bridgehead atoms. The number of carbonyl (C=O) groups excluding carboxylic acids is 1. The molecule has 88 valence electrons. The highest BCUT2D eigenvalue weighted by atomic mass is 16.6. The maximum Gasteiger partial charge on any atom is 0.344 e. The number of carbonyl (C=O) groups is 1. The van der Waals surface area contributed by atoms with Crippen LogP contribution in [0.2, 0.25) is 0 Å². The fourth-order valence-corrected chi connectivity index (χ4v) is 0.962. The van der Waals surface area contributed by atoms with Crippen molar-refractivity contribution in [2.45, 2.75) is 13.0 Å². The number of hydrogen-bond acceptors (Lipinski definition) is 5. The Morgan fingerprint density at radius 1 is 1.44 bits per heavy atom. The molecule has 0 aliphatic heterocycles. The van der Waals surface area contributed by atoms with Gasteiger partial charge in [-0.3, -0.25) is 0 Å². The Morgan fingerprint density at radius 3 is 2.62 bits per heavy atom. The molecular formula is C11H15NO4. The number of aliphatic hydroxyl groups is 1. The zero-order valence-electron chi connectivity index (χ0n) is 9.05. The number of nitrogens with two attached hydrogens (primary N) is 1. The van der Waals surface area contributed by atoms with Crippen LogP contribution in [0.5, 0.6) is 5.75 Å². The second-order valence-corrected chi connectivity index (χ2v) is 3.39. The van der Waals surface area contributed by atoms with Gasteiger partial charge in [-0.2, -0.15) is 0 Å². The van der Waals surface area contributed by atoms with E-state index in [1.165, 1.54) is 6.92 Å². The van der Waals surface area contributed by atoms with Gasteiger partial charge >= 0.3 is 5.97 Å². The molecule has 1 aromatic rings. The van der Waals surface area contributed by atoms with E-state index in [1.807, 2.05) is 0 Å². The van der Waals surface area contributed by atoms with E-state index in [0.717, 1.165) is 0 Å². The van der Waals surface area contributed by atoms with Crippen LogP contribution in [0.15, 0.2) is 24.3 Å². The Labute approximate surface area is 93.8 Å². The lowest BCUT2D eigenvalue weighted by Crippen LogP contribution is -2.20. The minimum atomic E-state index is -0.666. The summed E-state index contributed by atoms with van der Waals surface area (Å²) in [5.41, 5.74) is 6.12. The highest BCUT2D eigenvalue weighted by Crippen LogP contribution is 2.12. The van der Waals surface area contributed by atoms with Crippen LogP contribution in [0.25, 0.3) is 0 Å². The first kappa shape index (κ1) is 12.3. The monoisotopic (exact) mass is 225 g/mol. The molecule has 0 aliphatic rings. The first-order valence-corrected chi connectivity index (χ1v) is 4.90. The molecule has 0 saturated carbocycles. The number of ether oxygens (including phenoxy) is 2. The van der Waals surface area contributed by atoms with Crippen LogP contribution in [-0.2, 0) is 9.53 Å². The van der Waals surface area contributed by atoms with Crippen molar-refractivity contribution in [3.8, 4) is 5.75 Å². The summed E-state index contributed by atoms with van der Waals surface area (Å²) in [6.07, 6.45) is -0.666. The molecule has 16 heavy (non-hydrogen) atoms. The molecule has 0 aromatic heterocycles. The molecule has 0 fully saturated rings. The van der Waals surface area contributed by atoms with Crippen LogP contribution in [0.3, 0.4) is 0 Å². The van der Waals surface area contributed by atoms with Crippen molar-refractivity contribution in [3.63, 3.8) is 0 Å². The number of hydrogen-bond donors (Lipinski definition) is 2. The zero-order chi connectivity index (χ0) is 12.0. The van der Waals surface area contributed by atoms with E-state index in [4.69, 9.17) is 20.3 Å². The first-order valence-electron chi connectivity index (χ1n) is 4.90. The van der Waals surface area contributed by atoms with E-state index < -0.39 is 12.1 Å². The van der Waals surface area contributed by atoms with Crippen molar-refractivity contribution in [2.75, 3.05) is 18.9 Å². The summed E-state index contributed by atoms with van der Waals surface area (Å²) in [7, 11) is 0. The van der Waals surface area contributed by atoms with Gasteiger partial charge in [-0.1, -0.05) is 0 Å². The molecule has 0 radical (unpaired) electrons. The number of rotatable bonds is 5. The quantitative estimate of drug-likeness (QED) is 0.565. The topological polar surface area (TPSA) is 81.8 Å². The molecular weight excluding hydrogens is 210 g/mol. The lowest BCUT2D eigenvalue weighted by Gasteiger charge is -2.08. The van der Waals surface area contributed by atoms with Gasteiger partial charge in [0, 0.05) is 5.69 Å². The molecule has 1 aromatic carbocycles. The summed E-state index contributed by atoms with van der Waals surface area (Å²) in [4.78, 5) is 11.1. The van der Waals surface area contributed by atoms with Crippen molar-refractivity contribution >= 4 is 11.7 Å². The first-order chi connectivity index (χ1) is 7.58. The smallest absolute Gasteiger partial charge is 0.344 e. The van der Waals surface area contributed by atoms with E-state index in [-0.39, 0.29) is 13.2 Å². The second kappa shape index (κ2) is 5.97. The molecule has 5 heteroatoms. The second-order valence-electron chi connectivity index (χ2n) is 3.39. The molecule has 0 spiro atoms. The van der Waals surface area contributed by atoms with Crippen LogP contribution < -0.4 is 10.5 Å². The minimum absolute atomic E-state index is 0.0239. The molecule has 0 saturated heterocycles. The van der Waals surface area contributed by atoms with Crippen molar-refractivity contribution in [1.29, 1.82) is 0 Å². The van der Waals surface area contributed by atoms with Gasteiger partial charge in [-0.15, -0.1) is 0 Å². The van der Waals surface area contributed by atoms with Gasteiger partial charge in [0.2, 0.25) is 0 Å². The highest BCUT2D eigenvalue weighted by molar-refractivity contribution is 5.71. The van der Waals surface area contributed by atoms with Gasteiger partial charge in [-0.25, -0.2) is 4.79 Å². The molecule has 0 amide bonds. The van der Waals surface area contributed by atoms with Crippen LogP contribution >= 0.6 is 0 Å². The largest absolute Gasteiger partial charge is 0.482 e. The Hall–Kier alpha value is -1.75. The maximum absolute atomic E-state index is 11.1. The third kappa shape index (κ3) is 4.65. The number of anilines is 1. The van der Waals surface area contributed by atoms with Crippen LogP contribution in [0, 0.1) is 0 Å². The summed E-state index contributed by atoms with van der Waals surface area (Å²) in [5, 5.41) is 8.89. The zero-order valence-corrected chi connectivity index (χ0v) is 9.05. The van der Waals surface area contributed by atoms with Gasteiger partial charge in [0.25, 0.3) is 0 Å². The normalized spacial score (nSPS) is 11.9. The molecule has 5 nitrogen and oxygen atoms in total. The van der Waals surface area contributed by atoms with E-state index in [0.29, 0.717) is 11.4 Å². The Balaban J connectivity index is 2.29. The number of aliphatic hydroxyl groups excluding tert-OH is 1. The molecule has 1 atom stereocenters. The van der Waals surface area contributed by atoms with Gasteiger partial charge in [0.1, 0.15) is 12.4 Å². The molecule has 0 heterocycles. The Bertz CT molecular complexity index is 334. The maximum atomic E-state index is 11.1. The minimum Gasteiger partial charge on any atom is -0.482 e. The lowest BCUT2D eigenvalue weighted by molar-refractivity contribution is -0.148. The molecule has 0 aliphatic carbocycles. The number of benzene rings is 1. The summed E-state index contributed by atoms with van der Waals surface area (Å²) in [5.74, 6) is 0.0286. The summed E-state index contributed by atoms with van der Waals surface area (Å²) in [6.45, 7) is 1.33. The lowest BCUT2D eigenvalue weighted by atomic mass is 10.3. The third-order valence-electron chi connectivity index (χ3n) is 1.72. The average molecular weight is 225 g/mol. The van der Waals surface area contributed by atoms with Crippen molar-refractivity contribution in [2.24, 2.45) is 0 Å². The predicted molar refractivity (Wildman–Crippen MR) is 59.0 cm³/mol. The standard InChI is InChI=1S/C11H15NO4/c1-8(13)6-16-11(14)7-15-10-4-2-9(12)3-5-10/h2-5,8,13H,6-7,12H2,1H3. The third-order valence-corrected chi connectivity index (χ3v) is 1.72. The highest BCUT2D eigenvalue weighted by Gasteiger charge is 2.05. The fraction of sp³-hybridized carbons (Fsp3) is 0.364. The summed E-state index contributed by atoms with van der Waals surface area (Å²) >= 11 is 0. The van der Waals surface area contributed by atoms with E-state index in [9.17, 15) is 4.79 Å². The van der Waals surface area contributed by atoms with E-state index >= 15 is 0 Å². The van der Waals surface area contributed by atoms with Gasteiger partial charge in [0.05, 0.1) is 6.10 Å². The summed E-state index contributed by atoms with van der Waals surface area (Å²) < 4.78 is 9.85. The van der Waals surface area contributed by atoms with Crippen LogP contribution in [-0.4, -0.2) is 30.4 Å². The molecule has 3 N–H and O–H groups in total. The number of nitrogen functional groups attached to an aromatic ring is 1. The predicted octanol–water partition coefficient (Wildman–Crippen LogP) is 0.572. The van der Waals surface area contributed by atoms with Gasteiger partial charge < -0.3 is 20.3 Å². The van der Waals surface area contributed by atoms with Gasteiger partial charge in [-0.05, 0) is 31.2 Å². The Morgan fingerprint density at radius 2 is 2.06 bits per heavy atom. The Kier molecular flexibility index (Phi) is 4.60. The fourth-order valence-electron chi connectivity index (χ4n) is 0.962. The van der Waals surface area contributed by atoms with Crippen molar-refractivity contribution < 1.29 is 19.4 Å². The van der Waals surface area contributed by atoms with E-state index in [2.05, 4.69) is 0 Å².